The topological polar surface area (TPSA) is 108 Å². The van der Waals surface area contributed by atoms with Crippen molar-refractivity contribution in [2.75, 3.05) is 13.1 Å². The van der Waals surface area contributed by atoms with Gasteiger partial charge >= 0.3 is 6.03 Å². The molecule has 3 saturated carbocycles. The van der Waals surface area contributed by atoms with Gasteiger partial charge in [0.25, 0.3) is 0 Å². The molecule has 0 aromatic heterocycles. The first-order valence-corrected chi connectivity index (χ1v) is 21.7. The van der Waals surface area contributed by atoms with Crippen LogP contribution in [0.3, 0.4) is 0 Å². The summed E-state index contributed by atoms with van der Waals surface area (Å²) in [5.41, 5.74) is 1.49. The zero-order valence-electron chi connectivity index (χ0n) is 35.6. The maximum Gasteiger partial charge on any atom is 0.315 e. The van der Waals surface area contributed by atoms with Gasteiger partial charge in [0.1, 0.15) is 11.8 Å². The van der Waals surface area contributed by atoms with Crippen LogP contribution in [0.1, 0.15) is 158 Å². The van der Waals surface area contributed by atoms with Gasteiger partial charge in [-0.2, -0.15) is 0 Å². The van der Waals surface area contributed by atoms with Gasteiger partial charge in [0.15, 0.2) is 5.78 Å². The van der Waals surface area contributed by atoms with Gasteiger partial charge < -0.3 is 20.9 Å². The lowest BCUT2D eigenvalue weighted by atomic mass is 9.84. The molecule has 306 valence electrons. The van der Waals surface area contributed by atoms with Crippen LogP contribution >= 0.6 is 0 Å². The van der Waals surface area contributed by atoms with E-state index in [0.717, 1.165) is 63.0 Å². The van der Waals surface area contributed by atoms with E-state index in [9.17, 15) is 19.2 Å². The summed E-state index contributed by atoms with van der Waals surface area (Å²) in [5.74, 6) is 3.07. The minimum atomic E-state index is -0.626. The first-order chi connectivity index (χ1) is 25.5. The van der Waals surface area contributed by atoms with E-state index in [-0.39, 0.29) is 29.8 Å². The Hall–Kier alpha value is -2.90. The van der Waals surface area contributed by atoms with Gasteiger partial charge in [-0.25, -0.2) is 4.79 Å². The number of Topliss-reactive ketones (excluding diaryl/α,β-unsaturated/α-hetero) is 2. The third kappa shape index (κ3) is 12.8. The molecule has 1 aliphatic heterocycles. The first-order valence-electron chi connectivity index (χ1n) is 21.7. The maximum atomic E-state index is 14.2. The second-order valence-corrected chi connectivity index (χ2v) is 18.6. The number of nitrogens with zero attached hydrogens (tertiary/aromatic N) is 1. The highest BCUT2D eigenvalue weighted by Crippen LogP contribution is 2.68. The molecule has 4 aliphatic rings. The van der Waals surface area contributed by atoms with Crippen molar-refractivity contribution in [3.05, 3.63) is 37.1 Å². The average Bonchev–Trinajstić information content (AvgIpc) is 3.86. The van der Waals surface area contributed by atoms with Gasteiger partial charge in [-0.05, 0) is 78.9 Å². The summed E-state index contributed by atoms with van der Waals surface area (Å²) in [4.78, 5) is 53.8. The van der Waals surface area contributed by atoms with Crippen molar-refractivity contribution in [1.82, 2.24) is 20.9 Å². The summed E-state index contributed by atoms with van der Waals surface area (Å²) in [6.07, 6.45) is 17.8. The fourth-order valence-electron chi connectivity index (χ4n) is 9.41. The van der Waals surface area contributed by atoms with Crippen LogP contribution in [-0.4, -0.2) is 59.6 Å². The van der Waals surface area contributed by atoms with Gasteiger partial charge in [-0.15, -0.1) is 6.58 Å². The van der Waals surface area contributed by atoms with Crippen molar-refractivity contribution in [2.45, 2.75) is 176 Å². The van der Waals surface area contributed by atoms with Crippen LogP contribution < -0.4 is 16.0 Å². The molecule has 4 rings (SSSR count). The Morgan fingerprint density at radius 1 is 0.944 bits per heavy atom. The van der Waals surface area contributed by atoms with Crippen molar-refractivity contribution >= 4 is 23.5 Å². The van der Waals surface area contributed by atoms with Crippen LogP contribution in [0.15, 0.2) is 37.1 Å². The van der Waals surface area contributed by atoms with E-state index in [2.05, 4.69) is 70.3 Å². The highest BCUT2D eigenvalue weighted by Gasteiger charge is 2.69. The second kappa shape index (κ2) is 20.9. The van der Waals surface area contributed by atoms with E-state index in [1.807, 2.05) is 25.7 Å². The monoisotopic (exact) mass is 751 g/mol. The van der Waals surface area contributed by atoms with Gasteiger partial charge in [0, 0.05) is 38.4 Å². The summed E-state index contributed by atoms with van der Waals surface area (Å²) in [7, 11) is 0. The molecular weight excluding hydrogens is 673 g/mol. The number of ketones is 2. The molecule has 3 aliphatic carbocycles. The molecule has 1 heterocycles. The predicted octanol–water partition coefficient (Wildman–Crippen LogP) is 9.70. The van der Waals surface area contributed by atoms with E-state index in [4.69, 9.17) is 0 Å². The Balaban J connectivity index is 0.000000475. The van der Waals surface area contributed by atoms with Gasteiger partial charge in [-0.3, -0.25) is 14.4 Å². The summed E-state index contributed by atoms with van der Waals surface area (Å²) in [6.45, 7) is 30.1. The third-order valence-electron chi connectivity index (χ3n) is 13.0. The lowest BCUT2D eigenvalue weighted by Crippen LogP contribution is -2.59. The third-order valence-corrected chi connectivity index (χ3v) is 13.0. The molecule has 0 bridgehead atoms. The standard InChI is InChI=1S/C34H57N3O3.C12H21NO/c1-8-20-34(7)26-21-37(29(28(26)34)22(3)9-2)31(39)30(33(4,5)6)36-32(40)35-27(24-12-10-11-13-24)19-18-25(38)17-16-23-14-15-23;1-5-7-10(3)9-12(14)11(4)13-8-6-2/h23-24,26-30H,3,8-21H2,1-2,4-7H3,(H2,35,36,40);6,10,13H,2,4-5,7-9H2,1,3H3/t26-,27?,28-,29?,30?,34?;/m0./s1. The number of fused-ring (bicyclic) bond motifs is 1. The summed E-state index contributed by atoms with van der Waals surface area (Å²) in [5, 5.41) is 9.28. The SMILES string of the molecule is C=C(CC)C1[C@@H]2[C@H](CN1C(=O)C(NC(=O)NC(CCC(=O)CCC1CC1)C1CCCC1)C(C)(C)C)C2(C)CCC.C=CCNC(=C)C(=O)CC(C)CCC. The molecule has 3 amide bonds. The normalized spacial score (nSPS) is 25.0. The lowest BCUT2D eigenvalue weighted by Gasteiger charge is -2.39. The van der Waals surface area contributed by atoms with Gasteiger partial charge in [0.2, 0.25) is 5.91 Å². The maximum absolute atomic E-state index is 14.2. The molecule has 0 radical (unpaired) electrons. The number of urea groups is 1. The zero-order chi connectivity index (χ0) is 40.2. The molecule has 4 fully saturated rings. The molecule has 3 N–H and O–H groups in total. The molecule has 54 heavy (non-hydrogen) atoms. The highest BCUT2D eigenvalue weighted by atomic mass is 16.2. The number of nitrogens with one attached hydrogen (secondary N) is 3. The van der Waals surface area contributed by atoms with Gasteiger partial charge in [-0.1, -0.05) is 125 Å². The lowest BCUT2D eigenvalue weighted by molar-refractivity contribution is -0.137. The van der Waals surface area contributed by atoms with E-state index in [0.29, 0.717) is 72.8 Å². The predicted molar refractivity (Wildman–Crippen MR) is 223 cm³/mol. The largest absolute Gasteiger partial charge is 0.379 e. The van der Waals surface area contributed by atoms with Crippen molar-refractivity contribution in [3.63, 3.8) is 0 Å². The average molecular weight is 751 g/mol. The highest BCUT2D eigenvalue weighted by molar-refractivity contribution is 5.94. The van der Waals surface area contributed by atoms with Crippen LogP contribution in [0.4, 0.5) is 4.79 Å². The molecular formula is C46H78N4O4. The number of rotatable bonds is 22. The zero-order valence-corrected chi connectivity index (χ0v) is 35.6. The van der Waals surface area contributed by atoms with E-state index >= 15 is 0 Å². The van der Waals surface area contributed by atoms with Crippen LogP contribution in [0, 0.1) is 40.4 Å². The van der Waals surface area contributed by atoms with Crippen LogP contribution in [0.5, 0.6) is 0 Å². The Morgan fingerprint density at radius 3 is 2.17 bits per heavy atom. The van der Waals surface area contributed by atoms with Crippen LogP contribution in [0.2, 0.25) is 0 Å². The molecule has 0 spiro atoms. The minimum Gasteiger partial charge on any atom is -0.379 e. The molecule has 8 heteroatoms. The first kappa shape index (κ1) is 45.5. The Bertz CT molecular complexity index is 1310. The number of hydrogen-bond acceptors (Lipinski definition) is 5. The molecule has 5 unspecified atom stereocenters. The van der Waals surface area contributed by atoms with Crippen LogP contribution in [0.25, 0.3) is 0 Å². The molecule has 7 atom stereocenters. The smallest absolute Gasteiger partial charge is 0.315 e. The van der Waals surface area contributed by atoms with Crippen molar-refractivity contribution in [3.8, 4) is 0 Å². The van der Waals surface area contributed by atoms with Crippen LogP contribution in [-0.2, 0) is 14.4 Å². The Morgan fingerprint density at radius 2 is 1.61 bits per heavy atom. The van der Waals surface area contributed by atoms with E-state index in [1.54, 1.807) is 6.08 Å². The fraction of sp³-hybridized carbons (Fsp3) is 0.783. The van der Waals surface area contributed by atoms with Crippen molar-refractivity contribution < 1.29 is 19.2 Å². The van der Waals surface area contributed by atoms with Crippen molar-refractivity contribution in [1.29, 1.82) is 0 Å². The molecule has 0 aromatic carbocycles. The Labute approximate surface area is 329 Å². The number of hydrogen-bond donors (Lipinski definition) is 3. The number of carbonyl (C=O) groups excluding carboxylic acids is 4. The number of piperidine rings is 1. The fourth-order valence-corrected chi connectivity index (χ4v) is 9.41. The minimum absolute atomic E-state index is 0.0148. The number of likely N-dealkylation sites (tertiary alicyclic amines) is 1. The molecule has 0 aromatic rings. The summed E-state index contributed by atoms with van der Waals surface area (Å²) in [6, 6.07) is -0.868. The summed E-state index contributed by atoms with van der Waals surface area (Å²) < 4.78 is 0. The molecule has 8 nitrogen and oxygen atoms in total. The summed E-state index contributed by atoms with van der Waals surface area (Å²) >= 11 is 0. The van der Waals surface area contributed by atoms with Gasteiger partial charge in [0.05, 0.1) is 11.7 Å². The number of allylic oxidation sites excluding steroid dienone is 1. The van der Waals surface area contributed by atoms with Crippen molar-refractivity contribution in [2.24, 2.45) is 40.4 Å². The number of amides is 3. The van der Waals surface area contributed by atoms with E-state index < -0.39 is 11.5 Å². The number of carbonyl (C=O) groups is 4. The Kier molecular flexibility index (Phi) is 17.6. The quantitative estimate of drug-likeness (QED) is 0.0755. The molecule has 1 saturated heterocycles. The second-order valence-electron chi connectivity index (χ2n) is 18.6. The van der Waals surface area contributed by atoms with E-state index in [1.165, 1.54) is 32.1 Å².